The Bertz CT molecular complexity index is 760. The maximum Gasteiger partial charge on any atom is 0.119 e. The molecule has 37 heavy (non-hydrogen) atoms. The fourth-order valence-corrected chi connectivity index (χ4v) is 5.06. The lowest BCUT2D eigenvalue weighted by atomic mass is 9.97. The van der Waals surface area contributed by atoms with Gasteiger partial charge in [-0.25, -0.2) is 0 Å². The fourth-order valence-electron chi connectivity index (χ4n) is 5.06. The highest BCUT2D eigenvalue weighted by molar-refractivity contribution is 5.64. The van der Waals surface area contributed by atoms with Crippen LogP contribution in [-0.2, 0) is 6.42 Å². The first-order chi connectivity index (χ1) is 18.2. The Morgan fingerprint density at radius 1 is 0.541 bits per heavy atom. The summed E-state index contributed by atoms with van der Waals surface area (Å²) in [5.41, 5.74) is 4.00. The first kappa shape index (κ1) is 31.5. The summed E-state index contributed by atoms with van der Waals surface area (Å²) in [4.78, 5) is 0. The molecule has 1 nitrogen and oxygen atoms in total. The molecule has 0 spiro atoms. The molecule has 0 aromatic heterocycles. The Kier molecular flexibility index (Phi) is 18.0. The first-order valence-electron chi connectivity index (χ1n) is 16.0. The molecule has 0 bridgehead atoms. The average Bonchev–Trinajstić information content (AvgIpc) is 2.94. The molecular formula is C36H58O. The van der Waals surface area contributed by atoms with E-state index in [0.29, 0.717) is 0 Å². The SMILES string of the molecule is CCCCCCCCCCCCCCCCCCOc1ccc(-c2ccc(CCC(C)CC)cc2)cc1. The smallest absolute Gasteiger partial charge is 0.119 e. The van der Waals surface area contributed by atoms with E-state index in [1.54, 1.807) is 0 Å². The largest absolute Gasteiger partial charge is 0.494 e. The lowest BCUT2D eigenvalue weighted by Gasteiger charge is -2.10. The summed E-state index contributed by atoms with van der Waals surface area (Å²) in [6.07, 6.45) is 26.2. The van der Waals surface area contributed by atoms with Crippen molar-refractivity contribution in [1.82, 2.24) is 0 Å². The summed E-state index contributed by atoms with van der Waals surface area (Å²) in [5, 5.41) is 0. The van der Waals surface area contributed by atoms with Crippen LogP contribution in [0.2, 0.25) is 0 Å². The van der Waals surface area contributed by atoms with Crippen LogP contribution in [0.3, 0.4) is 0 Å². The second-order valence-corrected chi connectivity index (χ2v) is 11.4. The number of ether oxygens (including phenoxy) is 1. The molecule has 2 rings (SSSR count). The summed E-state index contributed by atoms with van der Waals surface area (Å²) >= 11 is 0. The number of benzene rings is 2. The molecule has 1 heteroatoms. The molecule has 0 aliphatic heterocycles. The normalized spacial score (nSPS) is 12.1. The van der Waals surface area contributed by atoms with Gasteiger partial charge in [0.1, 0.15) is 5.75 Å². The van der Waals surface area contributed by atoms with Crippen LogP contribution in [0.5, 0.6) is 5.75 Å². The molecule has 0 saturated carbocycles. The molecule has 0 N–H and O–H groups in total. The Morgan fingerprint density at radius 3 is 1.43 bits per heavy atom. The monoisotopic (exact) mass is 506 g/mol. The minimum Gasteiger partial charge on any atom is -0.494 e. The maximum absolute atomic E-state index is 6.00. The van der Waals surface area contributed by atoms with Gasteiger partial charge in [-0.2, -0.15) is 0 Å². The van der Waals surface area contributed by atoms with E-state index in [4.69, 9.17) is 4.74 Å². The molecule has 0 aliphatic rings. The van der Waals surface area contributed by atoms with Crippen LogP contribution in [-0.4, -0.2) is 6.61 Å². The van der Waals surface area contributed by atoms with E-state index in [0.717, 1.165) is 24.7 Å². The first-order valence-corrected chi connectivity index (χ1v) is 16.0. The van der Waals surface area contributed by atoms with E-state index >= 15 is 0 Å². The van der Waals surface area contributed by atoms with E-state index in [1.165, 1.54) is 132 Å². The Labute approximate surface area is 230 Å². The Morgan fingerprint density at radius 2 is 0.973 bits per heavy atom. The Hall–Kier alpha value is -1.76. The Balaban J connectivity index is 1.44. The van der Waals surface area contributed by atoms with Gasteiger partial charge in [0.15, 0.2) is 0 Å². The predicted octanol–water partition coefficient (Wildman–Crippen LogP) is 12.0. The molecule has 2 aromatic rings. The molecule has 0 amide bonds. The van der Waals surface area contributed by atoms with Gasteiger partial charge in [-0.15, -0.1) is 0 Å². The van der Waals surface area contributed by atoms with Crippen molar-refractivity contribution in [2.75, 3.05) is 6.61 Å². The van der Waals surface area contributed by atoms with Crippen molar-refractivity contribution in [2.45, 2.75) is 143 Å². The zero-order valence-corrected chi connectivity index (χ0v) is 24.7. The minimum atomic E-state index is 0.812. The standard InChI is InChI=1S/C36H58O/c1-4-6-7-8-9-10-11-12-13-14-15-16-17-18-19-20-31-37-36-29-27-35(28-30-36)34-25-23-33(24-26-34)22-21-32(3)5-2/h23-30,32H,4-22,31H2,1-3H3. The van der Waals surface area contributed by atoms with Crippen molar-refractivity contribution in [3.05, 3.63) is 54.1 Å². The summed E-state index contributed by atoms with van der Waals surface area (Å²) < 4.78 is 6.00. The van der Waals surface area contributed by atoms with Gasteiger partial charge in [0.05, 0.1) is 6.61 Å². The van der Waals surface area contributed by atoms with Crippen molar-refractivity contribution in [2.24, 2.45) is 5.92 Å². The number of hydrogen-bond acceptors (Lipinski definition) is 1. The number of unbranched alkanes of at least 4 members (excludes halogenated alkanes) is 15. The van der Waals surface area contributed by atoms with Gasteiger partial charge in [-0.05, 0) is 54.0 Å². The van der Waals surface area contributed by atoms with Crippen LogP contribution >= 0.6 is 0 Å². The lowest BCUT2D eigenvalue weighted by Crippen LogP contribution is -1.97. The molecule has 0 heterocycles. The van der Waals surface area contributed by atoms with Gasteiger partial charge in [0, 0.05) is 0 Å². The predicted molar refractivity (Wildman–Crippen MR) is 165 cm³/mol. The molecule has 0 saturated heterocycles. The van der Waals surface area contributed by atoms with Crippen LogP contribution in [0.15, 0.2) is 48.5 Å². The number of rotatable bonds is 23. The van der Waals surface area contributed by atoms with Crippen LogP contribution in [0, 0.1) is 5.92 Å². The van der Waals surface area contributed by atoms with E-state index in [1.807, 2.05) is 0 Å². The van der Waals surface area contributed by atoms with Gasteiger partial charge < -0.3 is 4.74 Å². The van der Waals surface area contributed by atoms with Gasteiger partial charge in [0.2, 0.25) is 0 Å². The maximum atomic E-state index is 6.00. The third-order valence-corrected chi connectivity index (χ3v) is 8.03. The zero-order chi connectivity index (χ0) is 26.4. The molecule has 2 aromatic carbocycles. The van der Waals surface area contributed by atoms with Crippen molar-refractivity contribution in [3.8, 4) is 16.9 Å². The van der Waals surface area contributed by atoms with Gasteiger partial charge in [0.25, 0.3) is 0 Å². The van der Waals surface area contributed by atoms with Crippen LogP contribution in [0.25, 0.3) is 11.1 Å². The van der Waals surface area contributed by atoms with Gasteiger partial charge in [-0.1, -0.05) is 160 Å². The molecule has 1 atom stereocenters. The molecular weight excluding hydrogens is 448 g/mol. The average molecular weight is 507 g/mol. The highest BCUT2D eigenvalue weighted by atomic mass is 16.5. The molecule has 1 unspecified atom stereocenters. The molecule has 0 radical (unpaired) electrons. The second-order valence-electron chi connectivity index (χ2n) is 11.4. The quantitative estimate of drug-likeness (QED) is 0.136. The topological polar surface area (TPSA) is 9.23 Å². The number of hydrogen-bond donors (Lipinski definition) is 0. The van der Waals surface area contributed by atoms with Gasteiger partial charge >= 0.3 is 0 Å². The summed E-state index contributed by atoms with van der Waals surface area (Å²) in [6, 6.07) is 17.7. The van der Waals surface area contributed by atoms with Crippen LogP contribution in [0.4, 0.5) is 0 Å². The fraction of sp³-hybridized carbons (Fsp3) is 0.667. The summed E-state index contributed by atoms with van der Waals surface area (Å²) in [6.45, 7) is 7.76. The van der Waals surface area contributed by atoms with Crippen molar-refractivity contribution >= 4 is 0 Å². The number of aryl methyl sites for hydroxylation is 1. The van der Waals surface area contributed by atoms with E-state index in [2.05, 4.69) is 69.3 Å². The summed E-state index contributed by atoms with van der Waals surface area (Å²) in [5.74, 6) is 1.81. The van der Waals surface area contributed by atoms with Crippen molar-refractivity contribution in [3.63, 3.8) is 0 Å². The third-order valence-electron chi connectivity index (χ3n) is 8.03. The lowest BCUT2D eigenvalue weighted by molar-refractivity contribution is 0.304. The van der Waals surface area contributed by atoms with E-state index < -0.39 is 0 Å². The van der Waals surface area contributed by atoms with E-state index in [-0.39, 0.29) is 0 Å². The molecule has 208 valence electrons. The van der Waals surface area contributed by atoms with Crippen LogP contribution in [0.1, 0.15) is 142 Å². The molecule has 0 aliphatic carbocycles. The minimum absolute atomic E-state index is 0.812. The second kappa shape index (κ2) is 21.2. The highest BCUT2D eigenvalue weighted by Gasteiger charge is 2.03. The van der Waals surface area contributed by atoms with Gasteiger partial charge in [-0.3, -0.25) is 0 Å². The summed E-state index contributed by atoms with van der Waals surface area (Å²) in [7, 11) is 0. The van der Waals surface area contributed by atoms with Crippen molar-refractivity contribution < 1.29 is 4.74 Å². The van der Waals surface area contributed by atoms with Crippen molar-refractivity contribution in [1.29, 1.82) is 0 Å². The molecule has 0 fully saturated rings. The van der Waals surface area contributed by atoms with E-state index in [9.17, 15) is 0 Å². The highest BCUT2D eigenvalue weighted by Crippen LogP contribution is 2.24. The zero-order valence-electron chi connectivity index (χ0n) is 24.7. The third kappa shape index (κ3) is 15.3. The van der Waals surface area contributed by atoms with Crippen LogP contribution < -0.4 is 4.74 Å².